The summed E-state index contributed by atoms with van der Waals surface area (Å²) >= 11 is 9.61. The van der Waals surface area contributed by atoms with E-state index in [0.717, 1.165) is 40.3 Å². The Kier molecular flexibility index (Phi) is 3.25. The number of rotatable bonds is 0. The van der Waals surface area contributed by atoms with Gasteiger partial charge in [0.15, 0.2) is 0 Å². The average molecular weight is 366 g/mol. The number of hydrogen-bond acceptors (Lipinski definition) is 2. The number of aliphatic hydroxyl groups is 1. The quantitative estimate of drug-likeness (QED) is 0.689. The van der Waals surface area contributed by atoms with Gasteiger partial charge < -0.3 is 9.84 Å². The lowest BCUT2D eigenvalue weighted by molar-refractivity contribution is 0.164. The van der Waals surface area contributed by atoms with E-state index < -0.39 is 6.10 Å². The highest BCUT2D eigenvalue weighted by atomic mass is 79.9. The summed E-state index contributed by atoms with van der Waals surface area (Å²) in [4.78, 5) is 0.123. The lowest BCUT2D eigenvalue weighted by Crippen LogP contribution is -2.21. The van der Waals surface area contributed by atoms with Crippen LogP contribution in [0.1, 0.15) is 29.2 Å². The summed E-state index contributed by atoms with van der Waals surface area (Å²) in [6, 6.07) is 10.1. The van der Waals surface area contributed by atoms with Crippen molar-refractivity contribution in [1.29, 1.82) is 0 Å². The Bertz CT molecular complexity index is 729. The predicted molar refractivity (Wildman–Crippen MR) is 87.2 cm³/mol. The van der Waals surface area contributed by atoms with E-state index in [9.17, 15) is 5.11 Å². The lowest BCUT2D eigenvalue weighted by atomic mass is 9.85. The molecule has 1 N–H and O–H groups in total. The summed E-state index contributed by atoms with van der Waals surface area (Å²) in [7, 11) is 0. The van der Waals surface area contributed by atoms with E-state index in [0.29, 0.717) is 6.61 Å². The number of halogens is 2. The molecule has 0 amide bonds. The molecule has 0 aromatic heterocycles. The first kappa shape index (κ1) is 13.6. The van der Waals surface area contributed by atoms with Crippen molar-refractivity contribution in [3.05, 3.63) is 52.0 Å². The summed E-state index contributed by atoms with van der Waals surface area (Å²) in [5.41, 5.74) is 5.60. The molecule has 2 atom stereocenters. The Balaban J connectivity index is 1.88. The van der Waals surface area contributed by atoms with Crippen LogP contribution in [0.5, 0.6) is 5.75 Å². The van der Waals surface area contributed by atoms with Gasteiger partial charge in [0.25, 0.3) is 0 Å². The zero-order valence-electron chi connectivity index (χ0n) is 11.3. The van der Waals surface area contributed by atoms with Crippen LogP contribution in [0.25, 0.3) is 11.1 Å². The Morgan fingerprint density at radius 3 is 2.86 bits per heavy atom. The van der Waals surface area contributed by atoms with Gasteiger partial charge in [0, 0.05) is 15.4 Å². The fourth-order valence-corrected chi connectivity index (χ4v) is 3.92. The maximum atomic E-state index is 10.3. The molecule has 4 rings (SSSR count). The summed E-state index contributed by atoms with van der Waals surface area (Å²) in [6.07, 6.45) is 1.45. The molecular formula is C17H14BrClO2. The molecule has 0 radical (unpaired) electrons. The smallest absolute Gasteiger partial charge is 0.128 e. The van der Waals surface area contributed by atoms with Crippen LogP contribution in [0, 0.1) is 0 Å². The van der Waals surface area contributed by atoms with Crippen LogP contribution in [-0.4, -0.2) is 9.93 Å². The molecule has 4 heteroatoms. The second kappa shape index (κ2) is 5.01. The second-order valence-electron chi connectivity index (χ2n) is 5.64. The van der Waals surface area contributed by atoms with Crippen LogP contribution < -0.4 is 4.74 Å². The van der Waals surface area contributed by atoms with Crippen molar-refractivity contribution >= 4 is 27.5 Å². The van der Waals surface area contributed by atoms with Crippen LogP contribution in [0.15, 0.2) is 30.3 Å². The Morgan fingerprint density at radius 1 is 1.14 bits per heavy atom. The van der Waals surface area contributed by atoms with Crippen LogP contribution >= 0.6 is 27.5 Å². The van der Waals surface area contributed by atoms with Gasteiger partial charge in [-0.2, -0.15) is 0 Å². The molecule has 0 saturated carbocycles. The van der Waals surface area contributed by atoms with E-state index in [1.165, 1.54) is 11.1 Å². The van der Waals surface area contributed by atoms with E-state index in [1.807, 2.05) is 18.2 Å². The molecule has 1 aliphatic carbocycles. The molecule has 2 unspecified atom stereocenters. The van der Waals surface area contributed by atoms with E-state index in [2.05, 4.69) is 28.1 Å². The van der Waals surface area contributed by atoms with Crippen LogP contribution in [0.2, 0.25) is 5.02 Å². The van der Waals surface area contributed by atoms with E-state index >= 15 is 0 Å². The zero-order chi connectivity index (χ0) is 14.6. The summed E-state index contributed by atoms with van der Waals surface area (Å²) < 4.78 is 5.87. The number of ether oxygens (including phenoxy) is 1. The molecule has 0 spiro atoms. The second-order valence-corrected chi connectivity index (χ2v) is 7.25. The standard InChI is InChI=1S/C17H14BrClO2/c18-15-4-1-9-6-14-12-3-2-11(19)5-10(12)8-21-16(14)7-13(9)17(15)20/h2-3,5-7,15,17,20H,1,4,8H2. The molecule has 21 heavy (non-hydrogen) atoms. The number of aliphatic hydroxyl groups excluding tert-OH is 1. The highest BCUT2D eigenvalue weighted by Gasteiger charge is 2.29. The lowest BCUT2D eigenvalue weighted by Gasteiger charge is -2.29. The van der Waals surface area contributed by atoms with Crippen LogP contribution in [-0.2, 0) is 13.0 Å². The Labute approximate surface area is 136 Å². The van der Waals surface area contributed by atoms with Gasteiger partial charge >= 0.3 is 0 Å². The van der Waals surface area contributed by atoms with Crippen LogP contribution in [0.3, 0.4) is 0 Å². The van der Waals surface area contributed by atoms with Gasteiger partial charge in [0.2, 0.25) is 0 Å². The minimum Gasteiger partial charge on any atom is -0.488 e. The minimum absolute atomic E-state index is 0.123. The third kappa shape index (κ3) is 2.19. The number of aryl methyl sites for hydroxylation is 1. The molecule has 1 heterocycles. The Morgan fingerprint density at radius 2 is 2.00 bits per heavy atom. The first-order valence-electron chi connectivity index (χ1n) is 7.04. The monoisotopic (exact) mass is 364 g/mol. The summed E-state index contributed by atoms with van der Waals surface area (Å²) in [6.45, 7) is 0.523. The van der Waals surface area contributed by atoms with Crippen molar-refractivity contribution in [2.45, 2.75) is 30.4 Å². The number of alkyl halides is 1. The molecule has 0 saturated heterocycles. The maximum Gasteiger partial charge on any atom is 0.128 e. The fraction of sp³-hybridized carbons (Fsp3) is 0.294. The van der Waals surface area contributed by atoms with Gasteiger partial charge in [-0.3, -0.25) is 0 Å². The van der Waals surface area contributed by atoms with Gasteiger partial charge in [-0.05, 0) is 59.4 Å². The molecule has 108 valence electrons. The van der Waals surface area contributed by atoms with Gasteiger partial charge in [-0.15, -0.1) is 0 Å². The fourth-order valence-electron chi connectivity index (χ4n) is 3.21. The van der Waals surface area contributed by atoms with Gasteiger partial charge in [0.1, 0.15) is 12.4 Å². The van der Waals surface area contributed by atoms with E-state index in [4.69, 9.17) is 16.3 Å². The van der Waals surface area contributed by atoms with E-state index in [-0.39, 0.29) is 4.83 Å². The number of hydrogen-bond donors (Lipinski definition) is 1. The Hall–Kier alpha value is -1.03. The SMILES string of the molecule is OC1c2cc3c(cc2CCC1Br)-c1ccc(Cl)cc1CO3. The largest absolute Gasteiger partial charge is 0.488 e. The highest BCUT2D eigenvalue weighted by Crippen LogP contribution is 2.44. The van der Waals surface area contributed by atoms with Crippen molar-refractivity contribution in [2.24, 2.45) is 0 Å². The zero-order valence-corrected chi connectivity index (χ0v) is 13.6. The van der Waals surface area contributed by atoms with Gasteiger partial charge in [-0.25, -0.2) is 0 Å². The van der Waals surface area contributed by atoms with Crippen molar-refractivity contribution in [3.8, 4) is 16.9 Å². The first-order valence-corrected chi connectivity index (χ1v) is 8.33. The van der Waals surface area contributed by atoms with Gasteiger partial charge in [-0.1, -0.05) is 33.6 Å². The third-order valence-electron chi connectivity index (χ3n) is 4.33. The first-order chi connectivity index (χ1) is 10.1. The molecule has 2 aromatic rings. The summed E-state index contributed by atoms with van der Waals surface area (Å²) in [5, 5.41) is 11.1. The number of fused-ring (bicyclic) bond motifs is 4. The van der Waals surface area contributed by atoms with E-state index in [1.54, 1.807) is 0 Å². The molecular weight excluding hydrogens is 352 g/mol. The molecule has 2 aromatic carbocycles. The molecule has 2 nitrogen and oxygen atoms in total. The third-order valence-corrected chi connectivity index (χ3v) is 5.53. The predicted octanol–water partition coefficient (Wildman–Crippen LogP) is 4.64. The topological polar surface area (TPSA) is 29.5 Å². The molecule has 0 bridgehead atoms. The molecule has 0 fully saturated rings. The normalized spacial score (nSPS) is 22.8. The molecule has 2 aliphatic rings. The van der Waals surface area contributed by atoms with Crippen molar-refractivity contribution < 1.29 is 9.84 Å². The highest BCUT2D eigenvalue weighted by molar-refractivity contribution is 9.09. The van der Waals surface area contributed by atoms with Crippen molar-refractivity contribution in [1.82, 2.24) is 0 Å². The summed E-state index contributed by atoms with van der Waals surface area (Å²) in [5.74, 6) is 0.851. The van der Waals surface area contributed by atoms with Crippen molar-refractivity contribution in [3.63, 3.8) is 0 Å². The maximum absolute atomic E-state index is 10.3. The minimum atomic E-state index is -0.464. The number of benzene rings is 2. The molecule has 1 aliphatic heterocycles. The van der Waals surface area contributed by atoms with Crippen LogP contribution in [0.4, 0.5) is 0 Å². The van der Waals surface area contributed by atoms with Crippen molar-refractivity contribution in [2.75, 3.05) is 0 Å². The average Bonchev–Trinajstić information content (AvgIpc) is 2.49. The van der Waals surface area contributed by atoms with Gasteiger partial charge in [0.05, 0.1) is 6.10 Å².